The molecule has 1 aromatic heterocycles. The van der Waals surface area contributed by atoms with E-state index in [0.717, 1.165) is 36.7 Å². The first-order valence-corrected chi connectivity index (χ1v) is 11.1. The van der Waals surface area contributed by atoms with Crippen LogP contribution < -0.4 is 0 Å². The summed E-state index contributed by atoms with van der Waals surface area (Å²) in [6.07, 6.45) is 6.76. The van der Waals surface area contributed by atoms with Gasteiger partial charge in [-0.05, 0) is 62.1 Å². The smallest absolute Gasteiger partial charge is 0.290 e. The number of benzene rings is 1. The van der Waals surface area contributed by atoms with Crippen molar-refractivity contribution in [3.63, 3.8) is 0 Å². The number of hydrogen-bond donors (Lipinski definition) is 0. The number of imidazole rings is 1. The molecule has 3 aliphatic rings. The highest BCUT2D eigenvalue weighted by molar-refractivity contribution is 5.97. The summed E-state index contributed by atoms with van der Waals surface area (Å²) in [5, 5.41) is 0. The minimum Gasteiger partial charge on any atom is -0.381 e. The van der Waals surface area contributed by atoms with E-state index >= 15 is 0 Å². The molecule has 2 heterocycles. The summed E-state index contributed by atoms with van der Waals surface area (Å²) < 4.78 is 7.33. The van der Waals surface area contributed by atoms with Gasteiger partial charge in [0.05, 0.1) is 17.1 Å². The SMILES string of the molecule is COC1CCC(N2CCN(C(=O)c3nc4ccc(C5CC5)cc4n3C)CC2=O)CC1. The maximum atomic E-state index is 13.2. The van der Waals surface area contributed by atoms with E-state index in [9.17, 15) is 9.59 Å². The van der Waals surface area contributed by atoms with Crippen molar-refractivity contribution in [2.45, 2.75) is 56.6 Å². The maximum Gasteiger partial charge on any atom is 0.290 e. The molecule has 0 N–H and O–H groups in total. The number of aromatic nitrogens is 2. The lowest BCUT2D eigenvalue weighted by atomic mass is 9.91. The zero-order valence-electron chi connectivity index (χ0n) is 17.8. The fourth-order valence-corrected chi connectivity index (χ4v) is 5.05. The predicted octanol–water partition coefficient (Wildman–Crippen LogP) is 2.69. The van der Waals surface area contributed by atoms with Gasteiger partial charge in [0.25, 0.3) is 5.91 Å². The van der Waals surface area contributed by atoms with E-state index in [2.05, 4.69) is 17.1 Å². The molecule has 1 saturated heterocycles. The molecule has 30 heavy (non-hydrogen) atoms. The van der Waals surface area contributed by atoms with Gasteiger partial charge in [-0.15, -0.1) is 0 Å². The van der Waals surface area contributed by atoms with Gasteiger partial charge in [0.1, 0.15) is 6.54 Å². The van der Waals surface area contributed by atoms with Crippen LogP contribution in [0.25, 0.3) is 11.0 Å². The lowest BCUT2D eigenvalue weighted by Crippen LogP contribution is -2.56. The maximum absolute atomic E-state index is 13.2. The number of fused-ring (bicyclic) bond motifs is 1. The number of carbonyl (C=O) groups is 2. The average molecular weight is 411 g/mol. The Kier molecular flexibility index (Phi) is 5.01. The molecule has 2 amide bonds. The predicted molar refractivity (Wildman–Crippen MR) is 113 cm³/mol. The molecule has 0 radical (unpaired) electrons. The molecule has 3 fully saturated rings. The van der Waals surface area contributed by atoms with Crippen molar-refractivity contribution < 1.29 is 14.3 Å². The van der Waals surface area contributed by atoms with Crippen LogP contribution in [0.4, 0.5) is 0 Å². The third kappa shape index (κ3) is 3.49. The summed E-state index contributed by atoms with van der Waals surface area (Å²) in [6, 6.07) is 6.58. The van der Waals surface area contributed by atoms with E-state index in [-0.39, 0.29) is 24.4 Å². The molecule has 1 aliphatic heterocycles. The lowest BCUT2D eigenvalue weighted by molar-refractivity contribution is -0.139. The molecular formula is C23H30N4O3. The van der Waals surface area contributed by atoms with Crippen molar-refractivity contribution in [2.75, 3.05) is 26.7 Å². The Morgan fingerprint density at radius 2 is 1.87 bits per heavy atom. The van der Waals surface area contributed by atoms with E-state index in [1.54, 1.807) is 12.0 Å². The Hall–Kier alpha value is -2.41. The summed E-state index contributed by atoms with van der Waals surface area (Å²) in [5.41, 5.74) is 3.16. The molecule has 2 aliphatic carbocycles. The summed E-state index contributed by atoms with van der Waals surface area (Å²) in [7, 11) is 3.65. The molecule has 0 bridgehead atoms. The van der Waals surface area contributed by atoms with Gasteiger partial charge < -0.3 is 19.1 Å². The highest BCUT2D eigenvalue weighted by Crippen LogP contribution is 2.40. The molecule has 7 heteroatoms. The fraction of sp³-hybridized carbons (Fsp3) is 0.609. The minimum atomic E-state index is -0.155. The van der Waals surface area contributed by atoms with Crippen molar-refractivity contribution in [3.05, 3.63) is 29.6 Å². The number of hydrogen-bond acceptors (Lipinski definition) is 4. The molecule has 2 aromatic rings. The third-order valence-electron chi connectivity index (χ3n) is 7.11. The molecule has 0 spiro atoms. The van der Waals surface area contributed by atoms with E-state index in [4.69, 9.17) is 4.74 Å². The summed E-state index contributed by atoms with van der Waals surface area (Å²) in [5.74, 6) is 0.968. The van der Waals surface area contributed by atoms with Gasteiger partial charge in [0.15, 0.2) is 5.82 Å². The first-order chi connectivity index (χ1) is 14.5. The van der Waals surface area contributed by atoms with E-state index in [1.165, 1.54) is 18.4 Å². The van der Waals surface area contributed by atoms with Crippen LogP contribution >= 0.6 is 0 Å². The van der Waals surface area contributed by atoms with Crippen molar-refractivity contribution in [1.82, 2.24) is 19.4 Å². The standard InChI is InChI=1S/C23H30N4O3/c1-25-20-13-16(15-3-4-15)5-10-19(20)24-22(25)23(29)26-11-12-27(21(28)14-26)17-6-8-18(30-2)9-7-17/h5,10,13,15,17-18H,3-4,6-9,11-12,14H2,1-2H3. The monoisotopic (exact) mass is 410 g/mol. The Morgan fingerprint density at radius 3 is 2.53 bits per heavy atom. The second kappa shape index (κ2) is 7.69. The van der Waals surface area contributed by atoms with Gasteiger partial charge in [0.2, 0.25) is 5.91 Å². The topological polar surface area (TPSA) is 67.7 Å². The Balaban J connectivity index is 1.28. The summed E-state index contributed by atoms with van der Waals surface area (Å²) in [6.45, 7) is 1.30. The number of amides is 2. The van der Waals surface area contributed by atoms with Gasteiger partial charge >= 0.3 is 0 Å². The Morgan fingerprint density at radius 1 is 1.10 bits per heavy atom. The number of aryl methyl sites for hydroxylation is 1. The molecule has 1 aromatic carbocycles. The number of carbonyl (C=O) groups excluding carboxylic acids is 2. The average Bonchev–Trinajstić information content (AvgIpc) is 3.57. The summed E-state index contributed by atoms with van der Waals surface area (Å²) in [4.78, 5) is 34.3. The quantitative estimate of drug-likeness (QED) is 0.777. The second-order valence-corrected chi connectivity index (χ2v) is 9.00. The van der Waals surface area contributed by atoms with Crippen LogP contribution in [-0.4, -0.2) is 70.1 Å². The van der Waals surface area contributed by atoms with Crippen LogP contribution in [0.15, 0.2) is 18.2 Å². The molecule has 0 atom stereocenters. The van der Waals surface area contributed by atoms with Crippen LogP contribution in [0, 0.1) is 0 Å². The van der Waals surface area contributed by atoms with E-state index < -0.39 is 0 Å². The molecular weight excluding hydrogens is 380 g/mol. The van der Waals surface area contributed by atoms with Gasteiger partial charge in [-0.2, -0.15) is 0 Å². The number of rotatable bonds is 4. The summed E-state index contributed by atoms with van der Waals surface area (Å²) >= 11 is 0. The van der Waals surface area contributed by atoms with Gasteiger partial charge in [-0.1, -0.05) is 6.07 Å². The molecule has 0 unspecified atom stereocenters. The zero-order chi connectivity index (χ0) is 20.8. The first kappa shape index (κ1) is 19.5. The normalized spacial score (nSPS) is 25.2. The second-order valence-electron chi connectivity index (χ2n) is 9.00. The molecule has 2 saturated carbocycles. The van der Waals surface area contributed by atoms with Crippen LogP contribution in [-0.2, 0) is 16.6 Å². The number of nitrogens with zero attached hydrogens (tertiary/aromatic N) is 4. The molecule has 160 valence electrons. The highest BCUT2D eigenvalue weighted by atomic mass is 16.5. The number of methoxy groups -OCH3 is 1. The molecule has 5 rings (SSSR count). The van der Waals surface area contributed by atoms with Crippen molar-refractivity contribution >= 4 is 22.8 Å². The van der Waals surface area contributed by atoms with Crippen LogP contribution in [0.1, 0.15) is 60.6 Å². The van der Waals surface area contributed by atoms with Crippen molar-refractivity contribution in [1.29, 1.82) is 0 Å². The van der Waals surface area contributed by atoms with E-state index in [1.807, 2.05) is 22.6 Å². The number of piperazine rings is 1. The minimum absolute atomic E-state index is 0.0465. The first-order valence-electron chi connectivity index (χ1n) is 11.1. The Bertz CT molecular complexity index is 972. The fourth-order valence-electron chi connectivity index (χ4n) is 5.05. The largest absolute Gasteiger partial charge is 0.381 e. The number of ether oxygens (including phenoxy) is 1. The van der Waals surface area contributed by atoms with Crippen molar-refractivity contribution in [2.24, 2.45) is 7.05 Å². The lowest BCUT2D eigenvalue weighted by Gasteiger charge is -2.41. The zero-order valence-corrected chi connectivity index (χ0v) is 17.8. The van der Waals surface area contributed by atoms with Crippen LogP contribution in [0.5, 0.6) is 0 Å². The van der Waals surface area contributed by atoms with Crippen LogP contribution in [0.3, 0.4) is 0 Å². The highest BCUT2D eigenvalue weighted by Gasteiger charge is 2.35. The van der Waals surface area contributed by atoms with Crippen LogP contribution in [0.2, 0.25) is 0 Å². The molecule has 7 nitrogen and oxygen atoms in total. The third-order valence-corrected chi connectivity index (χ3v) is 7.11. The van der Waals surface area contributed by atoms with Gasteiger partial charge in [0, 0.05) is 33.3 Å². The van der Waals surface area contributed by atoms with Gasteiger partial charge in [-0.3, -0.25) is 9.59 Å². The van der Waals surface area contributed by atoms with Gasteiger partial charge in [-0.25, -0.2) is 4.98 Å². The van der Waals surface area contributed by atoms with Crippen molar-refractivity contribution in [3.8, 4) is 0 Å². The van der Waals surface area contributed by atoms with E-state index in [0.29, 0.717) is 30.9 Å². The Labute approximate surface area is 177 Å².